The van der Waals surface area contributed by atoms with Gasteiger partial charge in [0.05, 0.1) is 12.2 Å². The highest BCUT2D eigenvalue weighted by molar-refractivity contribution is 7.88. The molecular formula is C22H24N4O4S. The van der Waals surface area contributed by atoms with Crippen LogP contribution in [0.25, 0.3) is 0 Å². The fraction of sp³-hybridized carbons (Fsp3) is 0.318. The summed E-state index contributed by atoms with van der Waals surface area (Å²) in [6.45, 7) is 2.64. The second-order valence-electron chi connectivity index (χ2n) is 7.55. The van der Waals surface area contributed by atoms with Gasteiger partial charge in [-0.1, -0.05) is 65.8 Å². The number of piperazine rings is 1. The van der Waals surface area contributed by atoms with Crippen molar-refractivity contribution in [3.8, 4) is 0 Å². The Hall–Kier alpha value is -3.04. The molecule has 0 spiro atoms. The van der Waals surface area contributed by atoms with Gasteiger partial charge in [0.15, 0.2) is 5.82 Å². The standard InChI is InChI=1S/C22H24N4O4S/c1-17-23-21(30-24-17)14-20-22(27)25(15-18-8-4-2-5-9-18)12-13-26(20)31(28,29)16-19-10-6-3-7-11-19/h2-11,20H,12-16H2,1H3. The van der Waals surface area contributed by atoms with Gasteiger partial charge in [-0.05, 0) is 18.1 Å². The van der Waals surface area contributed by atoms with E-state index < -0.39 is 16.1 Å². The molecule has 0 N–H and O–H groups in total. The van der Waals surface area contributed by atoms with Gasteiger partial charge in [0.1, 0.15) is 6.04 Å². The number of hydrogen-bond donors (Lipinski definition) is 0. The van der Waals surface area contributed by atoms with Crippen molar-refractivity contribution in [1.82, 2.24) is 19.3 Å². The quantitative estimate of drug-likeness (QED) is 0.559. The largest absolute Gasteiger partial charge is 0.339 e. The van der Waals surface area contributed by atoms with Gasteiger partial charge in [-0.3, -0.25) is 4.79 Å². The average Bonchev–Trinajstić information content (AvgIpc) is 3.17. The predicted molar refractivity (Wildman–Crippen MR) is 114 cm³/mol. The molecule has 1 aliphatic rings. The second kappa shape index (κ2) is 8.99. The molecule has 0 aliphatic carbocycles. The van der Waals surface area contributed by atoms with Crippen LogP contribution in [-0.4, -0.2) is 52.8 Å². The van der Waals surface area contributed by atoms with Crippen molar-refractivity contribution in [3.63, 3.8) is 0 Å². The van der Waals surface area contributed by atoms with Crippen LogP contribution in [0.15, 0.2) is 65.2 Å². The number of hydrogen-bond acceptors (Lipinski definition) is 6. The molecule has 162 valence electrons. The van der Waals surface area contributed by atoms with Gasteiger partial charge in [-0.15, -0.1) is 0 Å². The minimum absolute atomic E-state index is 0.0407. The average molecular weight is 441 g/mol. The number of carbonyl (C=O) groups is 1. The number of carbonyl (C=O) groups excluding carboxylic acids is 1. The Labute approximate surface area is 181 Å². The highest BCUT2D eigenvalue weighted by Gasteiger charge is 2.42. The molecule has 8 nitrogen and oxygen atoms in total. The zero-order chi connectivity index (χ0) is 21.8. The monoisotopic (exact) mass is 440 g/mol. The van der Waals surface area contributed by atoms with Crippen molar-refractivity contribution < 1.29 is 17.7 Å². The fourth-order valence-electron chi connectivity index (χ4n) is 3.76. The molecule has 1 aromatic heterocycles. The molecule has 31 heavy (non-hydrogen) atoms. The van der Waals surface area contributed by atoms with Gasteiger partial charge in [0, 0.05) is 19.6 Å². The van der Waals surface area contributed by atoms with Crippen LogP contribution in [0.3, 0.4) is 0 Å². The lowest BCUT2D eigenvalue weighted by atomic mass is 10.1. The minimum Gasteiger partial charge on any atom is -0.339 e. The summed E-state index contributed by atoms with van der Waals surface area (Å²) in [5, 5.41) is 3.77. The zero-order valence-corrected chi connectivity index (χ0v) is 18.0. The summed E-state index contributed by atoms with van der Waals surface area (Å²) in [4.78, 5) is 19.3. The Balaban J connectivity index is 1.60. The Morgan fingerprint density at radius 1 is 1.00 bits per heavy atom. The molecule has 9 heteroatoms. The van der Waals surface area contributed by atoms with Crippen molar-refractivity contribution in [2.24, 2.45) is 0 Å². The van der Waals surface area contributed by atoms with Crippen LogP contribution in [0.5, 0.6) is 0 Å². The summed E-state index contributed by atoms with van der Waals surface area (Å²) in [5.41, 5.74) is 1.66. The Morgan fingerprint density at radius 3 is 2.26 bits per heavy atom. The normalized spacial score (nSPS) is 17.8. The van der Waals surface area contributed by atoms with E-state index in [2.05, 4.69) is 10.1 Å². The third kappa shape index (κ3) is 5.00. The van der Waals surface area contributed by atoms with Crippen LogP contribution >= 0.6 is 0 Å². The molecule has 1 unspecified atom stereocenters. The Kier molecular flexibility index (Phi) is 6.15. The summed E-state index contributed by atoms with van der Waals surface area (Å²) in [5.74, 6) is 0.261. The smallest absolute Gasteiger partial charge is 0.241 e. The predicted octanol–water partition coefficient (Wildman–Crippen LogP) is 2.16. The van der Waals surface area contributed by atoms with Crippen LogP contribution in [0.2, 0.25) is 0 Å². The van der Waals surface area contributed by atoms with E-state index in [4.69, 9.17) is 4.52 Å². The third-order valence-corrected chi connectivity index (χ3v) is 7.09. The lowest BCUT2D eigenvalue weighted by molar-refractivity contribution is -0.139. The molecular weight excluding hydrogens is 416 g/mol. The van der Waals surface area contributed by atoms with Crippen molar-refractivity contribution in [3.05, 3.63) is 83.5 Å². The fourth-order valence-corrected chi connectivity index (χ4v) is 5.45. The first-order chi connectivity index (χ1) is 14.9. The number of sulfonamides is 1. The van der Waals surface area contributed by atoms with Crippen LogP contribution in [-0.2, 0) is 33.5 Å². The molecule has 0 saturated carbocycles. The maximum Gasteiger partial charge on any atom is 0.241 e. The van der Waals surface area contributed by atoms with Crippen molar-refractivity contribution in [2.75, 3.05) is 13.1 Å². The molecule has 2 heterocycles. The van der Waals surface area contributed by atoms with Crippen LogP contribution < -0.4 is 0 Å². The number of rotatable bonds is 7. The van der Waals surface area contributed by atoms with Gasteiger partial charge < -0.3 is 9.42 Å². The van der Waals surface area contributed by atoms with Crippen molar-refractivity contribution in [1.29, 1.82) is 0 Å². The molecule has 4 rings (SSSR count). The third-order valence-electron chi connectivity index (χ3n) is 5.24. The van der Waals surface area contributed by atoms with E-state index in [1.807, 2.05) is 36.4 Å². The van der Waals surface area contributed by atoms with Crippen LogP contribution in [0.4, 0.5) is 0 Å². The number of aromatic nitrogens is 2. The first-order valence-electron chi connectivity index (χ1n) is 10.1. The van der Waals surface area contributed by atoms with Crippen molar-refractivity contribution >= 4 is 15.9 Å². The van der Waals surface area contributed by atoms with E-state index in [1.165, 1.54) is 4.31 Å². The summed E-state index contributed by atoms with van der Waals surface area (Å²) < 4.78 is 33.0. The Bertz CT molecular complexity index is 1130. The van der Waals surface area contributed by atoms with Gasteiger partial charge in [-0.2, -0.15) is 9.29 Å². The van der Waals surface area contributed by atoms with Crippen LogP contribution in [0.1, 0.15) is 22.8 Å². The molecule has 2 aromatic carbocycles. The first-order valence-corrected chi connectivity index (χ1v) is 11.7. The molecule has 0 radical (unpaired) electrons. The van der Waals surface area contributed by atoms with Crippen molar-refractivity contribution in [2.45, 2.75) is 31.7 Å². The molecule has 1 fully saturated rings. The van der Waals surface area contributed by atoms with E-state index in [1.54, 1.807) is 36.1 Å². The maximum absolute atomic E-state index is 13.4. The summed E-state index contributed by atoms with van der Waals surface area (Å²) >= 11 is 0. The van der Waals surface area contributed by atoms with Gasteiger partial charge in [0.25, 0.3) is 0 Å². The molecule has 1 saturated heterocycles. The lowest BCUT2D eigenvalue weighted by Gasteiger charge is -2.39. The van der Waals surface area contributed by atoms with Gasteiger partial charge in [0.2, 0.25) is 21.8 Å². The summed E-state index contributed by atoms with van der Waals surface area (Å²) in [6.07, 6.45) is 0.0407. The van der Waals surface area contributed by atoms with E-state index in [0.717, 1.165) is 5.56 Å². The van der Waals surface area contributed by atoms with Crippen LogP contribution in [0, 0.1) is 6.92 Å². The molecule has 0 bridgehead atoms. The van der Waals surface area contributed by atoms with E-state index in [-0.39, 0.29) is 30.5 Å². The second-order valence-corrected chi connectivity index (χ2v) is 9.47. The number of aryl methyl sites for hydroxylation is 1. The highest BCUT2D eigenvalue weighted by atomic mass is 32.2. The zero-order valence-electron chi connectivity index (χ0n) is 17.2. The SMILES string of the molecule is Cc1noc(CC2C(=O)N(Cc3ccccc3)CCN2S(=O)(=O)Cc2ccccc2)n1. The summed E-state index contributed by atoms with van der Waals surface area (Å²) in [7, 11) is -3.73. The van der Waals surface area contributed by atoms with E-state index in [0.29, 0.717) is 24.5 Å². The lowest BCUT2D eigenvalue weighted by Crippen LogP contribution is -2.59. The van der Waals surface area contributed by atoms with E-state index >= 15 is 0 Å². The minimum atomic E-state index is -3.73. The van der Waals surface area contributed by atoms with Gasteiger partial charge in [-0.25, -0.2) is 8.42 Å². The number of amides is 1. The molecule has 1 atom stereocenters. The first kappa shape index (κ1) is 21.2. The topological polar surface area (TPSA) is 96.6 Å². The van der Waals surface area contributed by atoms with Gasteiger partial charge >= 0.3 is 0 Å². The molecule has 1 amide bonds. The molecule has 1 aliphatic heterocycles. The Morgan fingerprint density at radius 2 is 1.65 bits per heavy atom. The summed E-state index contributed by atoms with van der Waals surface area (Å²) in [6, 6.07) is 17.7. The highest BCUT2D eigenvalue weighted by Crippen LogP contribution is 2.23. The van der Waals surface area contributed by atoms with E-state index in [9.17, 15) is 13.2 Å². The number of nitrogens with zero attached hydrogens (tertiary/aromatic N) is 4. The number of benzene rings is 2. The maximum atomic E-state index is 13.4. The molecule has 3 aromatic rings.